The molecular formula is C16H17ClN4O4S. The number of thioether (sulfide) groups is 1. The number of amides is 2. The molecule has 1 aromatic rings. The largest absolute Gasteiger partial charge is 0.543 e. The molecule has 2 amide bonds. The first-order chi connectivity index (χ1) is 11.9. The monoisotopic (exact) mass is 396 g/mol. The van der Waals surface area contributed by atoms with Gasteiger partial charge < -0.3 is 21.4 Å². The van der Waals surface area contributed by atoms with Crippen LogP contribution in [0.1, 0.15) is 10.4 Å². The molecule has 0 saturated carbocycles. The second-order valence-electron chi connectivity index (χ2n) is 5.65. The first kappa shape index (κ1) is 20.0. The molecule has 0 aromatic carbocycles. The van der Waals surface area contributed by atoms with Gasteiger partial charge in [0.2, 0.25) is 11.8 Å². The van der Waals surface area contributed by atoms with E-state index in [1.807, 2.05) is 0 Å². The Morgan fingerprint density at radius 2 is 2.04 bits per heavy atom. The molecule has 0 bridgehead atoms. The summed E-state index contributed by atoms with van der Waals surface area (Å²) in [5, 5.41) is 11.1. The average molecular weight is 397 g/mol. The first-order valence-corrected chi connectivity index (χ1v) is 8.55. The van der Waals surface area contributed by atoms with Crippen molar-refractivity contribution in [2.75, 3.05) is 5.75 Å². The molecule has 3 rings (SSSR count). The Balaban J connectivity index is 0.00000243. The first-order valence-electron chi connectivity index (χ1n) is 7.50. The van der Waals surface area contributed by atoms with Gasteiger partial charge in [-0.1, -0.05) is 6.08 Å². The van der Waals surface area contributed by atoms with Crippen molar-refractivity contribution in [1.29, 1.82) is 0 Å². The molecule has 0 spiro atoms. The van der Waals surface area contributed by atoms with Crippen molar-refractivity contribution in [3.8, 4) is 0 Å². The highest BCUT2D eigenvalue weighted by molar-refractivity contribution is 8.00. The quantitative estimate of drug-likeness (QED) is 0.450. The molecule has 10 heteroatoms. The maximum Gasteiger partial charge on any atom is 0.249 e. The molecule has 1 unspecified atom stereocenters. The van der Waals surface area contributed by atoms with E-state index in [2.05, 4.69) is 0 Å². The summed E-state index contributed by atoms with van der Waals surface area (Å²) in [7, 11) is 0. The zero-order valence-corrected chi connectivity index (χ0v) is 15.2. The zero-order chi connectivity index (χ0) is 18.1. The second kappa shape index (κ2) is 7.90. The Bertz CT molecular complexity index is 809. The van der Waals surface area contributed by atoms with Gasteiger partial charge in [0.25, 0.3) is 0 Å². The van der Waals surface area contributed by atoms with E-state index >= 15 is 0 Å². The van der Waals surface area contributed by atoms with Crippen molar-refractivity contribution in [2.24, 2.45) is 11.5 Å². The molecule has 4 N–H and O–H groups in total. The molecule has 3 heterocycles. The van der Waals surface area contributed by atoms with E-state index in [9.17, 15) is 19.5 Å². The van der Waals surface area contributed by atoms with E-state index in [4.69, 9.17) is 11.5 Å². The van der Waals surface area contributed by atoms with Gasteiger partial charge in [0, 0.05) is 17.9 Å². The Hall–Kier alpha value is -2.36. The molecule has 26 heavy (non-hydrogen) atoms. The van der Waals surface area contributed by atoms with Crippen molar-refractivity contribution in [1.82, 2.24) is 4.90 Å². The highest BCUT2D eigenvalue weighted by Gasteiger charge is 2.49. The van der Waals surface area contributed by atoms with Crippen LogP contribution in [0, 0.1) is 0 Å². The number of nitrogens with two attached hydrogens (primary N) is 2. The predicted molar refractivity (Wildman–Crippen MR) is 94.6 cm³/mol. The minimum absolute atomic E-state index is 0. The van der Waals surface area contributed by atoms with E-state index < -0.39 is 23.8 Å². The van der Waals surface area contributed by atoms with Crippen LogP contribution in [-0.4, -0.2) is 39.9 Å². The number of pyridine rings is 1. The molecule has 2 aliphatic heterocycles. The third-order valence-corrected chi connectivity index (χ3v) is 5.37. The van der Waals surface area contributed by atoms with Crippen molar-refractivity contribution in [2.45, 2.75) is 18.0 Å². The fourth-order valence-corrected chi connectivity index (χ4v) is 3.98. The van der Waals surface area contributed by atoms with E-state index in [0.717, 1.165) is 0 Å². The molecule has 2 atom stereocenters. The van der Waals surface area contributed by atoms with Gasteiger partial charge in [0.15, 0.2) is 18.9 Å². The number of primary amides is 1. The molecule has 1 saturated heterocycles. The standard InChI is InChI=1S/C16H16N4O4S.ClH/c17-11-14(22)20-12(16(23)24)10(8-25-15(11)20)2-1-5-19-6-3-9(4-7-19)13(18)21;/h1-4,6-7,11,15H,5,8,17H2,(H2-,18,21,23,24);1H/t11?,15-;/m0./s1. The Morgan fingerprint density at radius 3 is 2.62 bits per heavy atom. The number of carbonyl (C=O) groups is 3. The topological polar surface area (TPSA) is 133 Å². The van der Waals surface area contributed by atoms with Crippen LogP contribution in [0.25, 0.3) is 0 Å². The van der Waals surface area contributed by atoms with Crippen LogP contribution in [0.4, 0.5) is 0 Å². The summed E-state index contributed by atoms with van der Waals surface area (Å²) in [6, 6.07) is 2.54. The van der Waals surface area contributed by atoms with Gasteiger partial charge in [-0.3, -0.25) is 14.5 Å². The lowest BCUT2D eigenvalue weighted by molar-refractivity contribution is -0.687. The number of aromatic nitrogens is 1. The summed E-state index contributed by atoms with van der Waals surface area (Å²) in [4.78, 5) is 35.5. The van der Waals surface area contributed by atoms with Gasteiger partial charge in [-0.05, 0) is 11.6 Å². The molecule has 138 valence electrons. The number of halogens is 1. The number of hydrogen-bond acceptors (Lipinski definition) is 6. The van der Waals surface area contributed by atoms with Crippen molar-refractivity contribution in [3.05, 3.63) is 53.5 Å². The minimum atomic E-state index is -1.39. The molecule has 2 aliphatic rings. The van der Waals surface area contributed by atoms with Crippen LogP contribution in [0.5, 0.6) is 0 Å². The number of carbonyl (C=O) groups excluding carboxylic acids is 3. The van der Waals surface area contributed by atoms with E-state index in [1.54, 1.807) is 41.2 Å². The number of rotatable bonds is 5. The Morgan fingerprint density at radius 1 is 1.38 bits per heavy atom. The number of carboxylic acids is 1. The average Bonchev–Trinajstić information content (AvgIpc) is 2.60. The van der Waals surface area contributed by atoms with Gasteiger partial charge in [-0.25, -0.2) is 4.57 Å². The number of β-lactam (4-membered cyclic amide) rings is 1. The highest BCUT2D eigenvalue weighted by Crippen LogP contribution is 2.39. The van der Waals surface area contributed by atoms with E-state index in [0.29, 0.717) is 23.4 Å². The second-order valence-corrected chi connectivity index (χ2v) is 6.75. The number of nitrogens with zero attached hydrogens (tertiary/aromatic N) is 2. The van der Waals surface area contributed by atoms with Crippen LogP contribution in [0.2, 0.25) is 0 Å². The number of hydrogen-bond donors (Lipinski definition) is 2. The minimum Gasteiger partial charge on any atom is -0.543 e. The van der Waals surface area contributed by atoms with Gasteiger partial charge >= 0.3 is 0 Å². The van der Waals surface area contributed by atoms with Crippen LogP contribution in [0.15, 0.2) is 47.9 Å². The lowest BCUT2D eigenvalue weighted by atomic mass is 10.0. The molecular weight excluding hydrogens is 380 g/mol. The number of aliphatic carboxylic acids is 1. The lowest BCUT2D eigenvalue weighted by Gasteiger charge is -2.49. The smallest absolute Gasteiger partial charge is 0.249 e. The summed E-state index contributed by atoms with van der Waals surface area (Å²) in [5.74, 6) is -1.85. The lowest BCUT2D eigenvalue weighted by Crippen LogP contribution is -2.69. The SMILES string of the molecule is Cl.NC(=O)c1cc[n+](CC=CC2=C(C(=O)[O-])N3C(=O)C(N)[C@@H]3SC2)cc1. The third-order valence-electron chi connectivity index (χ3n) is 4.04. The van der Waals surface area contributed by atoms with Crippen molar-refractivity contribution < 1.29 is 24.1 Å². The summed E-state index contributed by atoms with van der Waals surface area (Å²) in [6.45, 7) is 0.463. The van der Waals surface area contributed by atoms with E-state index in [-0.39, 0.29) is 23.5 Å². The molecule has 8 nitrogen and oxygen atoms in total. The summed E-state index contributed by atoms with van der Waals surface area (Å²) in [5.41, 5.74) is 11.7. The Labute approximate surface area is 159 Å². The van der Waals surface area contributed by atoms with Crippen molar-refractivity contribution >= 4 is 42.0 Å². The van der Waals surface area contributed by atoms with Crippen LogP contribution in [-0.2, 0) is 16.1 Å². The maximum atomic E-state index is 11.8. The maximum absolute atomic E-state index is 11.8. The molecule has 1 fully saturated rings. The van der Waals surface area contributed by atoms with Crippen LogP contribution < -0.4 is 21.1 Å². The third kappa shape index (κ3) is 3.59. The summed E-state index contributed by atoms with van der Waals surface area (Å²) in [6.07, 6.45) is 6.83. The molecule has 0 aliphatic carbocycles. The van der Waals surface area contributed by atoms with E-state index in [1.165, 1.54) is 16.7 Å². The summed E-state index contributed by atoms with van der Waals surface area (Å²) >= 11 is 1.43. The number of fused-ring (bicyclic) bond motifs is 1. The predicted octanol–water partition coefficient (Wildman–Crippen LogP) is -1.70. The molecule has 0 radical (unpaired) electrons. The van der Waals surface area contributed by atoms with Gasteiger partial charge in [0.1, 0.15) is 11.4 Å². The fourth-order valence-electron chi connectivity index (χ4n) is 2.72. The number of carboxylic acid groups (broad SMARTS) is 1. The van der Waals surface area contributed by atoms with Crippen LogP contribution >= 0.6 is 24.2 Å². The van der Waals surface area contributed by atoms with Gasteiger partial charge in [-0.15, -0.1) is 24.2 Å². The number of allylic oxidation sites excluding steroid dienone is 2. The zero-order valence-electron chi connectivity index (χ0n) is 13.5. The molecule has 1 aromatic heterocycles. The fraction of sp³-hybridized carbons (Fsp3) is 0.250. The highest BCUT2D eigenvalue weighted by atomic mass is 35.5. The van der Waals surface area contributed by atoms with Gasteiger partial charge in [-0.2, -0.15) is 0 Å². The van der Waals surface area contributed by atoms with Crippen molar-refractivity contribution in [3.63, 3.8) is 0 Å². The van der Waals surface area contributed by atoms with Crippen LogP contribution in [0.3, 0.4) is 0 Å². The normalized spacial score (nSPS) is 21.9. The Kier molecular flexibility index (Phi) is 6.06. The summed E-state index contributed by atoms with van der Waals surface area (Å²) < 4.78 is 1.80. The van der Waals surface area contributed by atoms with Gasteiger partial charge in [0.05, 0.1) is 17.2 Å².